The summed E-state index contributed by atoms with van der Waals surface area (Å²) in [5.74, 6) is 4.65. The van der Waals surface area contributed by atoms with Gasteiger partial charge in [0.15, 0.2) is 11.5 Å². The van der Waals surface area contributed by atoms with E-state index in [0.717, 1.165) is 27.3 Å². The number of benzene rings is 1. The average molecular weight is 451 g/mol. The molecule has 3 heterocycles. The molecule has 0 N–H and O–H groups in total. The van der Waals surface area contributed by atoms with Gasteiger partial charge in [0, 0.05) is 33.8 Å². The van der Waals surface area contributed by atoms with Crippen LogP contribution in [0.25, 0.3) is 10.4 Å². The van der Waals surface area contributed by atoms with Crippen LogP contribution < -0.4 is 9.47 Å². The number of fused-ring (bicyclic) bond motifs is 1. The molecule has 4 rings (SSSR count). The summed E-state index contributed by atoms with van der Waals surface area (Å²) in [7, 11) is 0. The fraction of sp³-hybridized carbons (Fsp3) is 0.360. The Morgan fingerprint density at radius 3 is 2.84 bits per heavy atom. The molecular formula is C25H26N2O4S. The Hall–Kier alpha value is -3.24. The largest absolute Gasteiger partial charge is 0.489 e. The molecule has 0 aliphatic carbocycles. The summed E-state index contributed by atoms with van der Waals surface area (Å²) >= 11 is 1.72. The molecule has 1 aliphatic heterocycles. The third kappa shape index (κ3) is 4.66. The van der Waals surface area contributed by atoms with Crippen molar-refractivity contribution in [3.63, 3.8) is 0 Å². The van der Waals surface area contributed by atoms with E-state index in [9.17, 15) is 4.79 Å². The molecule has 0 unspecified atom stereocenters. The van der Waals surface area contributed by atoms with E-state index < -0.39 is 0 Å². The fourth-order valence-corrected chi connectivity index (χ4v) is 4.63. The van der Waals surface area contributed by atoms with Gasteiger partial charge in [-0.15, -0.1) is 23.7 Å². The number of carbonyl (C=O) groups is 1. The van der Waals surface area contributed by atoms with Crippen molar-refractivity contribution in [3.8, 4) is 34.3 Å². The van der Waals surface area contributed by atoms with E-state index in [2.05, 4.69) is 36.2 Å². The van der Waals surface area contributed by atoms with Crippen LogP contribution in [-0.2, 0) is 17.8 Å². The zero-order chi connectivity index (χ0) is 22.7. The number of rotatable bonds is 6. The third-order valence-corrected chi connectivity index (χ3v) is 6.54. The van der Waals surface area contributed by atoms with Crippen LogP contribution in [0.4, 0.5) is 0 Å². The summed E-state index contributed by atoms with van der Waals surface area (Å²) in [6.07, 6.45) is 6.16. The summed E-state index contributed by atoms with van der Waals surface area (Å²) < 4.78 is 17.3. The monoisotopic (exact) mass is 450 g/mol. The number of nitrogens with zero attached hydrogens (tertiary/aromatic N) is 2. The van der Waals surface area contributed by atoms with Crippen molar-refractivity contribution in [3.05, 3.63) is 51.7 Å². The van der Waals surface area contributed by atoms with Crippen molar-refractivity contribution in [1.82, 2.24) is 10.1 Å². The van der Waals surface area contributed by atoms with E-state index in [1.54, 1.807) is 11.3 Å². The second kappa shape index (κ2) is 9.49. The Morgan fingerprint density at radius 2 is 2.16 bits per heavy atom. The molecule has 32 heavy (non-hydrogen) atoms. The predicted octanol–water partition coefficient (Wildman–Crippen LogP) is 4.69. The van der Waals surface area contributed by atoms with Gasteiger partial charge in [-0.3, -0.25) is 4.79 Å². The lowest BCUT2D eigenvalue weighted by molar-refractivity contribution is -0.131. The molecule has 0 fully saturated rings. The molecule has 3 aromatic rings. The van der Waals surface area contributed by atoms with Crippen LogP contribution in [0.1, 0.15) is 33.9 Å². The van der Waals surface area contributed by atoms with E-state index in [-0.39, 0.29) is 12.3 Å². The number of terminal acetylenes is 1. The topological polar surface area (TPSA) is 64.8 Å². The molecule has 0 radical (unpaired) electrons. The average Bonchev–Trinajstić information content (AvgIpc) is 3.26. The fourth-order valence-electron chi connectivity index (χ4n) is 3.77. The number of ether oxygens (including phenoxy) is 2. The first-order chi connectivity index (χ1) is 15.5. The van der Waals surface area contributed by atoms with Crippen molar-refractivity contribution in [2.45, 2.75) is 40.2 Å². The van der Waals surface area contributed by atoms with Gasteiger partial charge in [0.1, 0.15) is 12.4 Å². The van der Waals surface area contributed by atoms with E-state index in [1.165, 1.54) is 4.88 Å². The van der Waals surface area contributed by atoms with Gasteiger partial charge >= 0.3 is 0 Å². The molecule has 7 heteroatoms. The zero-order valence-corrected chi connectivity index (χ0v) is 19.4. The van der Waals surface area contributed by atoms with Crippen LogP contribution in [-0.4, -0.2) is 35.7 Å². The summed E-state index contributed by atoms with van der Waals surface area (Å²) in [5, 5.41) is 3.96. The number of amides is 1. The van der Waals surface area contributed by atoms with Gasteiger partial charge in [-0.25, -0.2) is 0 Å². The number of aryl methyl sites for hydroxylation is 3. The standard InChI is InChI=1S/C25H26N2O4S/c1-5-6-10-29-22-13-19(23-8-7-16(2)32-23)12-20-15-27(9-11-30-25(20)22)24(28)14-21-17(3)26-31-18(21)4/h1,7-8,12-13H,6,9-11,14-15H2,2-4H3. The molecule has 0 saturated carbocycles. The predicted molar refractivity (Wildman–Crippen MR) is 124 cm³/mol. The third-order valence-electron chi connectivity index (χ3n) is 5.49. The van der Waals surface area contributed by atoms with Crippen molar-refractivity contribution >= 4 is 17.2 Å². The molecule has 166 valence electrons. The molecular weight excluding hydrogens is 424 g/mol. The van der Waals surface area contributed by atoms with Crippen LogP contribution in [0.5, 0.6) is 11.5 Å². The van der Waals surface area contributed by atoms with Crippen molar-refractivity contribution in [2.24, 2.45) is 0 Å². The van der Waals surface area contributed by atoms with E-state index in [0.29, 0.717) is 50.0 Å². The van der Waals surface area contributed by atoms with Crippen LogP contribution in [0.3, 0.4) is 0 Å². The van der Waals surface area contributed by atoms with Crippen molar-refractivity contribution < 1.29 is 18.8 Å². The minimum absolute atomic E-state index is 0.0167. The smallest absolute Gasteiger partial charge is 0.227 e. The van der Waals surface area contributed by atoms with Crippen molar-refractivity contribution in [1.29, 1.82) is 0 Å². The van der Waals surface area contributed by atoms with Gasteiger partial charge in [-0.1, -0.05) is 5.16 Å². The molecule has 1 aromatic carbocycles. The molecule has 0 saturated heterocycles. The zero-order valence-electron chi connectivity index (χ0n) is 18.6. The van der Waals surface area contributed by atoms with Crippen LogP contribution in [0.2, 0.25) is 0 Å². The van der Waals surface area contributed by atoms with Gasteiger partial charge in [0.2, 0.25) is 5.91 Å². The highest BCUT2D eigenvalue weighted by atomic mass is 32.1. The van der Waals surface area contributed by atoms with E-state index in [1.807, 2.05) is 24.8 Å². The van der Waals surface area contributed by atoms with Gasteiger partial charge in [0.25, 0.3) is 0 Å². The quantitative estimate of drug-likeness (QED) is 0.403. The number of aromatic nitrogens is 1. The number of thiophene rings is 1. The first-order valence-corrected chi connectivity index (χ1v) is 11.4. The maximum absolute atomic E-state index is 13.1. The maximum Gasteiger partial charge on any atom is 0.227 e. The Morgan fingerprint density at radius 1 is 1.31 bits per heavy atom. The van der Waals surface area contributed by atoms with Crippen LogP contribution in [0, 0.1) is 33.1 Å². The number of carbonyl (C=O) groups excluding carboxylic acids is 1. The lowest BCUT2D eigenvalue weighted by atomic mass is 10.1. The summed E-state index contributed by atoms with van der Waals surface area (Å²) in [6.45, 7) is 7.51. The lowest BCUT2D eigenvalue weighted by Crippen LogP contribution is -2.33. The van der Waals surface area contributed by atoms with Gasteiger partial charge in [-0.05, 0) is 50.6 Å². The Bertz CT molecular complexity index is 1150. The minimum atomic E-state index is 0.0167. The number of hydrogen-bond donors (Lipinski definition) is 0. The minimum Gasteiger partial charge on any atom is -0.489 e. The Balaban J connectivity index is 1.65. The van der Waals surface area contributed by atoms with Crippen molar-refractivity contribution in [2.75, 3.05) is 19.8 Å². The van der Waals surface area contributed by atoms with E-state index >= 15 is 0 Å². The first kappa shape index (κ1) is 22.0. The highest BCUT2D eigenvalue weighted by Crippen LogP contribution is 2.40. The van der Waals surface area contributed by atoms with Gasteiger partial charge in [-0.2, -0.15) is 0 Å². The second-order valence-corrected chi connectivity index (χ2v) is 9.11. The SMILES string of the molecule is C#CCCOc1cc(-c2ccc(C)s2)cc2c1OCCN(C(=O)Cc1c(C)noc1C)C2. The summed E-state index contributed by atoms with van der Waals surface area (Å²) in [6, 6.07) is 8.30. The van der Waals surface area contributed by atoms with Gasteiger partial charge in [0.05, 0.1) is 25.3 Å². The first-order valence-electron chi connectivity index (χ1n) is 10.6. The number of hydrogen-bond acceptors (Lipinski definition) is 6. The Labute approximate surface area is 192 Å². The van der Waals surface area contributed by atoms with Crippen LogP contribution >= 0.6 is 11.3 Å². The highest BCUT2D eigenvalue weighted by molar-refractivity contribution is 7.15. The summed E-state index contributed by atoms with van der Waals surface area (Å²) in [4.78, 5) is 17.3. The molecule has 1 amide bonds. The van der Waals surface area contributed by atoms with Crippen LogP contribution in [0.15, 0.2) is 28.8 Å². The highest BCUT2D eigenvalue weighted by Gasteiger charge is 2.25. The van der Waals surface area contributed by atoms with Gasteiger partial charge < -0.3 is 18.9 Å². The normalized spacial score (nSPS) is 13.1. The maximum atomic E-state index is 13.1. The molecule has 0 spiro atoms. The molecule has 0 atom stereocenters. The molecule has 1 aliphatic rings. The Kier molecular flexibility index (Phi) is 6.52. The molecule has 2 aromatic heterocycles. The van der Waals surface area contributed by atoms with E-state index in [4.69, 9.17) is 20.4 Å². The second-order valence-electron chi connectivity index (χ2n) is 7.82. The lowest BCUT2D eigenvalue weighted by Gasteiger charge is -2.20. The molecule has 0 bridgehead atoms. The summed E-state index contributed by atoms with van der Waals surface area (Å²) in [5.41, 5.74) is 3.57. The molecule has 6 nitrogen and oxygen atoms in total.